The predicted octanol–water partition coefficient (Wildman–Crippen LogP) is 0.539. The molecule has 8 nitrogen and oxygen atoms in total. The highest BCUT2D eigenvalue weighted by Crippen LogP contribution is 2.23. The first kappa shape index (κ1) is 15.9. The Morgan fingerprint density at radius 1 is 1.33 bits per heavy atom. The highest BCUT2D eigenvalue weighted by atomic mass is 32.2. The number of anilines is 1. The number of rotatable bonds is 4. The van der Waals surface area contributed by atoms with E-state index in [0.29, 0.717) is 25.1 Å². The molecule has 1 aliphatic heterocycles. The van der Waals surface area contributed by atoms with Crippen molar-refractivity contribution in [3.8, 4) is 0 Å². The van der Waals surface area contributed by atoms with Gasteiger partial charge in [0.1, 0.15) is 10.7 Å². The van der Waals surface area contributed by atoms with Gasteiger partial charge in [0.2, 0.25) is 0 Å². The number of aliphatic hydroxyl groups excluding tert-OH is 1. The molecule has 2 rings (SSSR count). The lowest BCUT2D eigenvalue weighted by atomic mass is 10.1. The van der Waals surface area contributed by atoms with Crippen LogP contribution in [0.2, 0.25) is 0 Å². The van der Waals surface area contributed by atoms with Crippen molar-refractivity contribution < 1.29 is 27.9 Å². The number of nitrogens with one attached hydrogen (secondary N) is 1. The minimum atomic E-state index is -4.35. The Balaban J connectivity index is 2.20. The second kappa shape index (κ2) is 6.50. The molecule has 116 valence electrons. The zero-order valence-corrected chi connectivity index (χ0v) is 11.8. The Morgan fingerprint density at radius 2 is 2.05 bits per heavy atom. The van der Waals surface area contributed by atoms with Crippen molar-refractivity contribution in [2.75, 3.05) is 5.32 Å². The Morgan fingerprint density at radius 3 is 2.71 bits per heavy atom. The molecule has 1 aromatic rings. The summed E-state index contributed by atoms with van der Waals surface area (Å²) in [5.74, 6) is 0.447. The Kier molecular flexibility index (Phi) is 4.91. The largest absolute Gasteiger partial charge is 0.346 e. The number of aliphatic hydroxyl groups is 2. The van der Waals surface area contributed by atoms with Gasteiger partial charge in [-0.2, -0.15) is 8.42 Å². The molecule has 4 N–H and O–H groups in total. The van der Waals surface area contributed by atoms with Crippen LogP contribution < -0.4 is 5.32 Å². The van der Waals surface area contributed by atoms with Crippen molar-refractivity contribution in [3.05, 3.63) is 24.3 Å². The van der Waals surface area contributed by atoms with Crippen molar-refractivity contribution in [1.29, 1.82) is 0 Å². The van der Waals surface area contributed by atoms with Crippen molar-refractivity contribution in [2.45, 2.75) is 36.9 Å². The van der Waals surface area contributed by atoms with E-state index in [1.807, 2.05) is 0 Å². The predicted molar refractivity (Wildman–Crippen MR) is 74.3 cm³/mol. The van der Waals surface area contributed by atoms with Crippen LogP contribution in [0.5, 0.6) is 0 Å². The number of ether oxygens (including phenoxy) is 1. The molecule has 0 spiro atoms. The van der Waals surface area contributed by atoms with Crippen LogP contribution in [0.15, 0.2) is 34.2 Å². The van der Waals surface area contributed by atoms with E-state index < -0.39 is 22.8 Å². The van der Waals surface area contributed by atoms with Gasteiger partial charge in [0, 0.05) is 6.42 Å². The maximum Gasteiger partial charge on any atom is 0.296 e. The van der Waals surface area contributed by atoms with Gasteiger partial charge in [-0.1, -0.05) is 12.1 Å². The van der Waals surface area contributed by atoms with Gasteiger partial charge in [0.25, 0.3) is 16.6 Å². The first-order valence-corrected chi connectivity index (χ1v) is 7.72. The van der Waals surface area contributed by atoms with Crippen molar-refractivity contribution in [3.63, 3.8) is 0 Å². The van der Waals surface area contributed by atoms with Crippen molar-refractivity contribution in [1.82, 2.24) is 0 Å². The fraction of sp³-hybridized carbons (Fsp3) is 0.417. The molecule has 0 aliphatic carbocycles. The maximum atomic E-state index is 11.3. The minimum absolute atomic E-state index is 0.198. The summed E-state index contributed by atoms with van der Waals surface area (Å²) in [5.41, 5.74) is 0.198. The van der Waals surface area contributed by atoms with E-state index in [0.717, 1.165) is 0 Å². The van der Waals surface area contributed by atoms with Gasteiger partial charge in [-0.15, -0.1) is 0 Å². The van der Waals surface area contributed by atoms with E-state index in [-0.39, 0.29) is 10.6 Å². The van der Waals surface area contributed by atoms with Crippen LogP contribution in [-0.4, -0.2) is 41.7 Å². The van der Waals surface area contributed by atoms with Crippen LogP contribution in [0.4, 0.5) is 5.69 Å². The number of hydrogen-bond acceptors (Lipinski definition) is 7. The number of hydrogen-bond donors (Lipinski definition) is 4. The van der Waals surface area contributed by atoms with Gasteiger partial charge < -0.3 is 20.3 Å². The first-order valence-electron chi connectivity index (χ1n) is 6.28. The number of para-hydroxylation sites is 1. The van der Waals surface area contributed by atoms with Gasteiger partial charge in [0.15, 0.2) is 6.23 Å². The number of benzene rings is 1. The summed E-state index contributed by atoms with van der Waals surface area (Å²) < 4.78 is 36.5. The summed E-state index contributed by atoms with van der Waals surface area (Å²) >= 11 is 0. The molecule has 0 amide bonds. The van der Waals surface area contributed by atoms with Crippen molar-refractivity contribution in [2.24, 2.45) is 4.99 Å². The topological polar surface area (TPSA) is 128 Å². The van der Waals surface area contributed by atoms with Gasteiger partial charge in [-0.05, 0) is 25.0 Å². The third-order valence-electron chi connectivity index (χ3n) is 2.89. The van der Waals surface area contributed by atoms with E-state index >= 15 is 0 Å². The highest BCUT2D eigenvalue weighted by Gasteiger charge is 2.20. The van der Waals surface area contributed by atoms with E-state index in [4.69, 9.17) is 14.9 Å². The van der Waals surface area contributed by atoms with Crippen molar-refractivity contribution >= 4 is 21.6 Å². The second-order valence-electron chi connectivity index (χ2n) is 4.48. The zero-order chi connectivity index (χ0) is 15.5. The van der Waals surface area contributed by atoms with Crippen LogP contribution in [0, 0.1) is 0 Å². The molecule has 9 heteroatoms. The molecule has 1 unspecified atom stereocenters. The lowest BCUT2D eigenvalue weighted by Gasteiger charge is -2.22. The van der Waals surface area contributed by atoms with Crippen LogP contribution in [0.25, 0.3) is 0 Å². The third kappa shape index (κ3) is 4.48. The van der Waals surface area contributed by atoms with Crippen LogP contribution in [-0.2, 0) is 14.9 Å². The van der Waals surface area contributed by atoms with E-state index in [1.165, 1.54) is 18.2 Å². The fourth-order valence-corrected chi connectivity index (χ4v) is 2.68. The lowest BCUT2D eigenvalue weighted by Crippen LogP contribution is -2.27. The molecule has 1 aromatic carbocycles. The monoisotopic (exact) mass is 316 g/mol. The number of amidine groups is 1. The average molecular weight is 316 g/mol. The minimum Gasteiger partial charge on any atom is -0.346 e. The quantitative estimate of drug-likeness (QED) is 0.471. The Labute approximate surface area is 121 Å². The van der Waals surface area contributed by atoms with Crippen LogP contribution >= 0.6 is 0 Å². The summed E-state index contributed by atoms with van der Waals surface area (Å²) in [6.45, 7) is -1.91. The summed E-state index contributed by atoms with van der Waals surface area (Å²) in [6, 6.07) is 5.88. The molecule has 0 fully saturated rings. The van der Waals surface area contributed by atoms with E-state index in [9.17, 15) is 13.0 Å². The third-order valence-corrected chi connectivity index (χ3v) is 3.80. The van der Waals surface area contributed by atoms with Gasteiger partial charge in [-0.3, -0.25) is 4.55 Å². The second-order valence-corrected chi connectivity index (χ2v) is 5.87. The summed E-state index contributed by atoms with van der Waals surface area (Å²) in [7, 11) is -4.35. The number of nitrogens with zero attached hydrogens (tertiary/aromatic N) is 1. The molecule has 0 bridgehead atoms. The molecule has 1 aliphatic rings. The first-order chi connectivity index (χ1) is 9.86. The van der Waals surface area contributed by atoms with Crippen LogP contribution in [0.1, 0.15) is 19.3 Å². The lowest BCUT2D eigenvalue weighted by molar-refractivity contribution is -0.255. The summed E-state index contributed by atoms with van der Waals surface area (Å²) in [4.78, 5) is 3.88. The van der Waals surface area contributed by atoms with E-state index in [1.54, 1.807) is 6.07 Å². The standard InChI is InChI=1S/C12H16N2O6S/c15-12(16)20-11-7-3-6-10(14-11)13-8-4-1-2-5-9(8)21(17,18)19/h1-2,4-5,11-12,15-16H,3,6-7H2,(H,13,14)(H,17,18,19). The molecular weight excluding hydrogens is 300 g/mol. The normalized spacial score (nSPS) is 19.4. The average Bonchev–Trinajstić information content (AvgIpc) is 2.37. The molecule has 0 saturated heterocycles. The summed E-state index contributed by atoms with van der Waals surface area (Å²) in [5, 5.41) is 20.4. The SMILES string of the molecule is O=S(=O)(O)c1ccccc1NC1=NC(OC(O)O)CCC1. The van der Waals surface area contributed by atoms with E-state index in [2.05, 4.69) is 10.3 Å². The molecule has 0 aromatic heterocycles. The molecule has 21 heavy (non-hydrogen) atoms. The zero-order valence-electron chi connectivity index (χ0n) is 11.0. The molecule has 0 saturated carbocycles. The molecule has 1 heterocycles. The highest BCUT2D eigenvalue weighted by molar-refractivity contribution is 7.86. The molecule has 0 radical (unpaired) electrons. The van der Waals surface area contributed by atoms with Gasteiger partial charge >= 0.3 is 0 Å². The molecular formula is C12H16N2O6S. The fourth-order valence-electron chi connectivity index (χ4n) is 2.03. The van der Waals surface area contributed by atoms with Gasteiger partial charge in [-0.25, -0.2) is 4.99 Å². The molecule has 1 atom stereocenters. The van der Waals surface area contributed by atoms with Crippen LogP contribution in [0.3, 0.4) is 0 Å². The smallest absolute Gasteiger partial charge is 0.296 e. The summed E-state index contributed by atoms with van der Waals surface area (Å²) in [6.07, 6.45) is 1.07. The maximum absolute atomic E-state index is 11.3. The number of aliphatic imine (C=N–C) groups is 1. The Bertz CT molecular complexity index is 628. The van der Waals surface area contributed by atoms with Gasteiger partial charge in [0.05, 0.1) is 5.69 Å². The Hall–Kier alpha value is -1.52.